The molecule has 0 radical (unpaired) electrons. The summed E-state index contributed by atoms with van der Waals surface area (Å²) in [6.07, 6.45) is 9.16. The van der Waals surface area contributed by atoms with E-state index in [1.54, 1.807) is 13.1 Å². The van der Waals surface area contributed by atoms with Crippen LogP contribution in [0.15, 0.2) is 11.6 Å². The normalized spacial score (nSPS) is 14.4. The van der Waals surface area contributed by atoms with Gasteiger partial charge < -0.3 is 5.32 Å². The Morgan fingerprint density at radius 1 is 1.00 bits per heavy atom. The van der Waals surface area contributed by atoms with Crippen LogP contribution in [0.2, 0.25) is 0 Å². The van der Waals surface area contributed by atoms with E-state index in [1.807, 2.05) is 27.7 Å². The fourth-order valence-electron chi connectivity index (χ4n) is 1.58. The minimum absolute atomic E-state index is 0.0481. The summed E-state index contributed by atoms with van der Waals surface area (Å²) in [4.78, 5) is 11.0. The lowest BCUT2D eigenvalue weighted by atomic mass is 10.1. The van der Waals surface area contributed by atoms with E-state index < -0.39 is 0 Å². The first-order valence-corrected chi connectivity index (χ1v) is 6.74. The third-order valence-corrected chi connectivity index (χ3v) is 2.33. The number of nitrogens with one attached hydrogen (secondary N) is 1. The maximum atomic E-state index is 11.0. The molecule has 2 heteroatoms. The lowest BCUT2D eigenvalue weighted by molar-refractivity contribution is -0.116. The molecule has 1 saturated carbocycles. The predicted molar refractivity (Wildman–Crippen MR) is 72.5 cm³/mol. The van der Waals surface area contributed by atoms with Crippen molar-refractivity contribution >= 4 is 5.91 Å². The molecule has 0 spiro atoms. The average molecular weight is 227 g/mol. The van der Waals surface area contributed by atoms with Gasteiger partial charge >= 0.3 is 0 Å². The molecule has 0 aromatic rings. The molecule has 0 aromatic heterocycles. The Hall–Kier alpha value is -0.790. The Bertz CT molecular complexity index is 175. The van der Waals surface area contributed by atoms with Crippen molar-refractivity contribution in [2.24, 2.45) is 0 Å². The van der Waals surface area contributed by atoms with Crippen molar-refractivity contribution in [3.63, 3.8) is 0 Å². The molecule has 2 nitrogen and oxygen atoms in total. The van der Waals surface area contributed by atoms with E-state index >= 15 is 0 Å². The fourth-order valence-corrected chi connectivity index (χ4v) is 1.58. The van der Waals surface area contributed by atoms with Gasteiger partial charge in [0.05, 0.1) is 0 Å². The average Bonchev–Trinajstić information content (AvgIpc) is 2.62. The van der Waals surface area contributed by atoms with Gasteiger partial charge in [-0.15, -0.1) is 0 Å². The summed E-state index contributed by atoms with van der Waals surface area (Å²) >= 11 is 0. The molecule has 1 amide bonds. The highest BCUT2D eigenvalue weighted by Gasteiger charge is 2.05. The van der Waals surface area contributed by atoms with Gasteiger partial charge in [-0.3, -0.25) is 4.79 Å². The molecular formula is C14H29NO. The molecule has 0 saturated heterocycles. The van der Waals surface area contributed by atoms with Gasteiger partial charge in [0.2, 0.25) is 5.91 Å². The second-order valence-corrected chi connectivity index (χ2v) is 3.33. The van der Waals surface area contributed by atoms with Gasteiger partial charge in [0.15, 0.2) is 0 Å². The maximum Gasteiger partial charge on any atom is 0.243 e. The summed E-state index contributed by atoms with van der Waals surface area (Å²) in [5, 5.41) is 2.62. The van der Waals surface area contributed by atoms with Crippen molar-refractivity contribution in [3.8, 4) is 0 Å². The van der Waals surface area contributed by atoms with Gasteiger partial charge in [-0.2, -0.15) is 0 Å². The number of hydrogen-bond donors (Lipinski definition) is 1. The standard InChI is InChI=1S/C10H17NO.2C2H6/c1-11-10(12)8-9-6-4-2-3-5-7-9;2*1-2/h8H,2-7H2,1H3,(H,11,12);2*1-2H3. The molecule has 0 atom stereocenters. The van der Waals surface area contributed by atoms with Crippen molar-refractivity contribution in [2.45, 2.75) is 66.2 Å². The van der Waals surface area contributed by atoms with E-state index in [9.17, 15) is 4.79 Å². The zero-order valence-corrected chi connectivity index (χ0v) is 11.7. The Morgan fingerprint density at radius 3 is 1.81 bits per heavy atom. The number of hydrogen-bond acceptors (Lipinski definition) is 1. The van der Waals surface area contributed by atoms with Crippen LogP contribution in [0.1, 0.15) is 66.2 Å². The minimum atomic E-state index is 0.0481. The first-order valence-electron chi connectivity index (χ1n) is 6.74. The van der Waals surface area contributed by atoms with Gasteiger partial charge in [-0.25, -0.2) is 0 Å². The zero-order valence-electron chi connectivity index (χ0n) is 11.7. The van der Waals surface area contributed by atoms with Crippen molar-refractivity contribution in [2.75, 3.05) is 7.05 Å². The Kier molecular flexibility index (Phi) is 15.6. The first kappa shape index (κ1) is 17.6. The number of amides is 1. The SMILES string of the molecule is CC.CC.CNC(=O)C=C1CCCCCC1. The van der Waals surface area contributed by atoms with Crippen LogP contribution >= 0.6 is 0 Å². The molecule has 96 valence electrons. The van der Waals surface area contributed by atoms with Crippen LogP contribution in [0.4, 0.5) is 0 Å². The van der Waals surface area contributed by atoms with Crippen molar-refractivity contribution in [1.82, 2.24) is 5.32 Å². The smallest absolute Gasteiger partial charge is 0.243 e. The number of allylic oxidation sites excluding steroid dienone is 1. The van der Waals surface area contributed by atoms with E-state index in [1.165, 1.54) is 31.3 Å². The van der Waals surface area contributed by atoms with Gasteiger partial charge in [-0.05, 0) is 25.7 Å². The molecule has 0 aliphatic heterocycles. The highest BCUT2D eigenvalue weighted by atomic mass is 16.1. The summed E-state index contributed by atoms with van der Waals surface area (Å²) < 4.78 is 0. The predicted octanol–water partition coefficient (Wildman–Crippen LogP) is 4.07. The largest absolute Gasteiger partial charge is 0.356 e. The Morgan fingerprint density at radius 2 is 1.44 bits per heavy atom. The van der Waals surface area contributed by atoms with Gasteiger partial charge in [-0.1, -0.05) is 46.1 Å². The summed E-state index contributed by atoms with van der Waals surface area (Å²) in [7, 11) is 1.68. The van der Waals surface area contributed by atoms with Gasteiger partial charge in [0.25, 0.3) is 0 Å². The quantitative estimate of drug-likeness (QED) is 0.531. The lowest BCUT2D eigenvalue weighted by Gasteiger charge is -2.00. The van der Waals surface area contributed by atoms with Crippen molar-refractivity contribution < 1.29 is 4.79 Å². The van der Waals surface area contributed by atoms with Crippen molar-refractivity contribution in [3.05, 3.63) is 11.6 Å². The second-order valence-electron chi connectivity index (χ2n) is 3.33. The molecule has 16 heavy (non-hydrogen) atoms. The van der Waals surface area contributed by atoms with E-state index in [-0.39, 0.29) is 5.91 Å². The summed E-state index contributed by atoms with van der Waals surface area (Å²) in [6.45, 7) is 8.00. The van der Waals surface area contributed by atoms with Gasteiger partial charge in [0.1, 0.15) is 0 Å². The summed E-state index contributed by atoms with van der Waals surface area (Å²) in [6, 6.07) is 0. The first-order chi connectivity index (χ1) is 7.83. The molecule has 0 bridgehead atoms. The molecule has 1 fully saturated rings. The van der Waals surface area contributed by atoms with Gasteiger partial charge in [0, 0.05) is 13.1 Å². The number of likely N-dealkylation sites (N-methyl/N-ethyl adjacent to an activating group) is 1. The maximum absolute atomic E-state index is 11.0. The molecule has 1 rings (SSSR count). The Balaban J connectivity index is 0. The van der Waals surface area contributed by atoms with E-state index in [2.05, 4.69) is 5.32 Å². The van der Waals surface area contributed by atoms with E-state index in [4.69, 9.17) is 0 Å². The van der Waals surface area contributed by atoms with Crippen LogP contribution < -0.4 is 5.32 Å². The van der Waals surface area contributed by atoms with Crippen LogP contribution in [0, 0.1) is 0 Å². The van der Waals surface area contributed by atoms with Crippen LogP contribution in [-0.4, -0.2) is 13.0 Å². The van der Waals surface area contributed by atoms with E-state index in [0.717, 1.165) is 12.8 Å². The molecule has 1 aliphatic carbocycles. The van der Waals surface area contributed by atoms with Crippen LogP contribution in [-0.2, 0) is 4.79 Å². The third-order valence-electron chi connectivity index (χ3n) is 2.33. The Labute approximate surface area is 102 Å². The summed E-state index contributed by atoms with van der Waals surface area (Å²) in [5.41, 5.74) is 1.33. The molecule has 0 aromatic carbocycles. The molecule has 0 unspecified atom stereocenters. The highest BCUT2D eigenvalue weighted by Crippen LogP contribution is 2.21. The fraction of sp³-hybridized carbons (Fsp3) is 0.786. The highest BCUT2D eigenvalue weighted by molar-refractivity contribution is 5.87. The number of carbonyl (C=O) groups is 1. The second kappa shape index (κ2) is 14.2. The zero-order chi connectivity index (χ0) is 12.8. The number of carbonyl (C=O) groups excluding carboxylic acids is 1. The van der Waals surface area contributed by atoms with Crippen LogP contribution in [0.5, 0.6) is 0 Å². The monoisotopic (exact) mass is 227 g/mol. The van der Waals surface area contributed by atoms with Crippen LogP contribution in [0.25, 0.3) is 0 Å². The molecule has 0 heterocycles. The van der Waals surface area contributed by atoms with Crippen LogP contribution in [0.3, 0.4) is 0 Å². The van der Waals surface area contributed by atoms with E-state index in [0.29, 0.717) is 0 Å². The van der Waals surface area contributed by atoms with Crippen molar-refractivity contribution in [1.29, 1.82) is 0 Å². The molecule has 1 N–H and O–H groups in total. The third kappa shape index (κ3) is 9.75. The summed E-state index contributed by atoms with van der Waals surface area (Å²) in [5.74, 6) is 0.0481. The molecular weight excluding hydrogens is 198 g/mol. The topological polar surface area (TPSA) is 29.1 Å². The molecule has 1 aliphatic rings. The minimum Gasteiger partial charge on any atom is -0.356 e. The lowest BCUT2D eigenvalue weighted by Crippen LogP contribution is -2.15. The number of rotatable bonds is 1.